The summed E-state index contributed by atoms with van der Waals surface area (Å²) in [6.07, 6.45) is 1.39. The van der Waals surface area contributed by atoms with Crippen molar-refractivity contribution in [2.24, 2.45) is 5.41 Å². The smallest absolute Gasteiger partial charge is 0.256 e. The fraction of sp³-hybridized carbons (Fsp3) is 0.444. The summed E-state index contributed by atoms with van der Waals surface area (Å²) in [6.45, 7) is 7.54. The number of carbonyl (C=O) groups is 1. The van der Waals surface area contributed by atoms with Crippen molar-refractivity contribution in [3.63, 3.8) is 0 Å². The van der Waals surface area contributed by atoms with Gasteiger partial charge in [-0.3, -0.25) is 9.59 Å². The van der Waals surface area contributed by atoms with Gasteiger partial charge in [-0.05, 0) is 43.4 Å². The zero-order valence-corrected chi connectivity index (χ0v) is 14.4. The van der Waals surface area contributed by atoms with E-state index in [2.05, 4.69) is 10.3 Å². The molecule has 1 unspecified atom stereocenters. The summed E-state index contributed by atoms with van der Waals surface area (Å²) in [5.74, 6) is -1.03. The maximum Gasteiger partial charge on any atom is 0.256 e. The van der Waals surface area contributed by atoms with E-state index in [1.807, 2.05) is 13.8 Å². The zero-order chi connectivity index (χ0) is 18.1. The molecule has 1 aromatic heterocycles. The molecule has 2 aromatic rings. The minimum Gasteiger partial charge on any atom is -0.393 e. The van der Waals surface area contributed by atoms with Crippen LogP contribution < -0.4 is 10.7 Å². The second kappa shape index (κ2) is 6.73. The minimum absolute atomic E-state index is 0.0552. The predicted octanol–water partition coefficient (Wildman–Crippen LogP) is 2.50. The molecule has 0 fully saturated rings. The normalized spacial score (nSPS) is 13.1. The Labute approximate surface area is 139 Å². The van der Waals surface area contributed by atoms with Crippen molar-refractivity contribution in [3.05, 3.63) is 45.5 Å². The molecule has 0 spiro atoms. The number of hydrogen-bond acceptors (Lipinski definition) is 3. The van der Waals surface area contributed by atoms with Crippen LogP contribution >= 0.6 is 0 Å². The van der Waals surface area contributed by atoms with Crippen LogP contribution in [0.3, 0.4) is 0 Å². The largest absolute Gasteiger partial charge is 0.393 e. The van der Waals surface area contributed by atoms with Gasteiger partial charge in [0.15, 0.2) is 0 Å². The number of H-pyrrole nitrogens is 1. The van der Waals surface area contributed by atoms with E-state index in [1.165, 1.54) is 12.3 Å². The number of aryl methyl sites for hydroxylation is 1. The van der Waals surface area contributed by atoms with Gasteiger partial charge in [-0.15, -0.1) is 0 Å². The van der Waals surface area contributed by atoms with E-state index in [0.29, 0.717) is 24.0 Å². The van der Waals surface area contributed by atoms with E-state index in [9.17, 15) is 19.1 Å². The molecule has 0 saturated carbocycles. The lowest BCUT2D eigenvalue weighted by Crippen LogP contribution is -2.37. The molecule has 5 nitrogen and oxygen atoms in total. The molecule has 2 rings (SSSR count). The third-order valence-corrected chi connectivity index (χ3v) is 3.97. The number of amides is 1. The van der Waals surface area contributed by atoms with Crippen molar-refractivity contribution < 1.29 is 14.3 Å². The molecule has 0 aliphatic carbocycles. The molecular formula is C18H23FN2O3. The highest BCUT2D eigenvalue weighted by Crippen LogP contribution is 2.21. The highest BCUT2D eigenvalue weighted by Gasteiger charge is 2.22. The Morgan fingerprint density at radius 2 is 2.08 bits per heavy atom. The number of aromatic nitrogens is 1. The fourth-order valence-corrected chi connectivity index (χ4v) is 2.92. The van der Waals surface area contributed by atoms with Crippen molar-refractivity contribution in [1.82, 2.24) is 10.3 Å². The summed E-state index contributed by atoms with van der Waals surface area (Å²) in [7, 11) is 0. The van der Waals surface area contributed by atoms with Crippen molar-refractivity contribution >= 4 is 16.8 Å². The van der Waals surface area contributed by atoms with Crippen molar-refractivity contribution in [2.45, 2.75) is 40.2 Å². The van der Waals surface area contributed by atoms with Crippen LogP contribution in [0.15, 0.2) is 23.1 Å². The third kappa shape index (κ3) is 4.00. The van der Waals surface area contributed by atoms with Crippen LogP contribution in [-0.2, 0) is 0 Å². The number of aliphatic hydroxyl groups excluding tert-OH is 1. The van der Waals surface area contributed by atoms with Gasteiger partial charge in [-0.2, -0.15) is 0 Å². The van der Waals surface area contributed by atoms with Crippen LogP contribution in [0.25, 0.3) is 10.9 Å². The van der Waals surface area contributed by atoms with E-state index in [0.717, 1.165) is 6.07 Å². The second-order valence-corrected chi connectivity index (χ2v) is 7.08. The Hall–Kier alpha value is -2.21. The lowest BCUT2D eigenvalue weighted by Gasteiger charge is -2.26. The summed E-state index contributed by atoms with van der Waals surface area (Å²) in [5, 5.41) is 12.4. The monoisotopic (exact) mass is 334 g/mol. The molecule has 0 aliphatic rings. The topological polar surface area (TPSA) is 82.2 Å². The van der Waals surface area contributed by atoms with E-state index in [-0.39, 0.29) is 16.4 Å². The molecular weight excluding hydrogens is 311 g/mol. The van der Waals surface area contributed by atoms with Gasteiger partial charge in [0, 0.05) is 18.1 Å². The van der Waals surface area contributed by atoms with Crippen LogP contribution in [0.1, 0.15) is 43.1 Å². The Bertz CT molecular complexity index is 825. The number of fused-ring (bicyclic) bond motifs is 1. The SMILES string of the molecule is Cc1cc(F)cc2c(=O)c(C(=O)NCC(C)(C)CC(C)O)c[nH]c12. The van der Waals surface area contributed by atoms with Gasteiger partial charge in [0.2, 0.25) is 5.43 Å². The molecule has 1 amide bonds. The van der Waals surface area contributed by atoms with E-state index >= 15 is 0 Å². The third-order valence-electron chi connectivity index (χ3n) is 3.97. The number of benzene rings is 1. The molecule has 0 bridgehead atoms. The van der Waals surface area contributed by atoms with Gasteiger partial charge in [-0.1, -0.05) is 13.8 Å². The fourth-order valence-electron chi connectivity index (χ4n) is 2.92. The van der Waals surface area contributed by atoms with Crippen molar-refractivity contribution in [2.75, 3.05) is 6.54 Å². The number of hydrogen-bond donors (Lipinski definition) is 3. The van der Waals surface area contributed by atoms with Gasteiger partial charge in [0.05, 0.1) is 11.6 Å². The van der Waals surface area contributed by atoms with Crippen molar-refractivity contribution in [1.29, 1.82) is 0 Å². The number of halogens is 1. The molecule has 24 heavy (non-hydrogen) atoms. The summed E-state index contributed by atoms with van der Waals surface area (Å²) < 4.78 is 13.6. The second-order valence-electron chi connectivity index (χ2n) is 7.08. The Morgan fingerprint density at radius 1 is 1.42 bits per heavy atom. The first-order chi connectivity index (χ1) is 11.1. The van der Waals surface area contributed by atoms with Crippen LogP contribution in [0.4, 0.5) is 4.39 Å². The van der Waals surface area contributed by atoms with Gasteiger partial charge < -0.3 is 15.4 Å². The number of aromatic amines is 1. The summed E-state index contributed by atoms with van der Waals surface area (Å²) in [5.41, 5.74) is 0.257. The number of pyridine rings is 1. The molecule has 0 radical (unpaired) electrons. The predicted molar refractivity (Wildman–Crippen MR) is 91.7 cm³/mol. The number of aliphatic hydroxyl groups is 1. The molecule has 130 valence electrons. The van der Waals surface area contributed by atoms with E-state index in [1.54, 1.807) is 13.8 Å². The Kier molecular flexibility index (Phi) is 5.08. The quantitative estimate of drug-likeness (QED) is 0.786. The highest BCUT2D eigenvalue weighted by molar-refractivity contribution is 5.97. The van der Waals surface area contributed by atoms with Crippen LogP contribution in [0, 0.1) is 18.2 Å². The van der Waals surface area contributed by atoms with Gasteiger partial charge in [0.1, 0.15) is 11.4 Å². The van der Waals surface area contributed by atoms with E-state index < -0.39 is 23.3 Å². The molecule has 0 saturated heterocycles. The van der Waals surface area contributed by atoms with Gasteiger partial charge >= 0.3 is 0 Å². The van der Waals surface area contributed by atoms with Crippen LogP contribution in [-0.4, -0.2) is 28.6 Å². The lowest BCUT2D eigenvalue weighted by molar-refractivity contribution is 0.0901. The standard InChI is InChI=1S/C18H23FN2O3/c1-10-5-12(19)6-13-15(10)20-8-14(16(13)23)17(24)21-9-18(3,4)7-11(2)22/h5-6,8,11,22H,7,9H2,1-4H3,(H,20,23)(H,21,24). The first-order valence-electron chi connectivity index (χ1n) is 7.88. The first kappa shape index (κ1) is 18.1. The van der Waals surface area contributed by atoms with Crippen LogP contribution in [0.5, 0.6) is 0 Å². The average molecular weight is 334 g/mol. The first-order valence-corrected chi connectivity index (χ1v) is 7.88. The minimum atomic E-state index is -0.515. The maximum atomic E-state index is 13.6. The maximum absolute atomic E-state index is 13.6. The average Bonchev–Trinajstić information content (AvgIpc) is 2.44. The lowest BCUT2D eigenvalue weighted by atomic mass is 9.87. The number of carbonyl (C=O) groups excluding carboxylic acids is 1. The summed E-state index contributed by atoms with van der Waals surface area (Å²) in [4.78, 5) is 27.7. The Morgan fingerprint density at radius 3 is 2.71 bits per heavy atom. The van der Waals surface area contributed by atoms with Crippen LogP contribution in [0.2, 0.25) is 0 Å². The molecule has 3 N–H and O–H groups in total. The molecule has 1 aromatic carbocycles. The summed E-state index contributed by atoms with van der Waals surface area (Å²) in [6, 6.07) is 2.46. The molecule has 1 heterocycles. The zero-order valence-electron chi connectivity index (χ0n) is 14.4. The number of nitrogens with one attached hydrogen (secondary N) is 2. The van der Waals surface area contributed by atoms with Gasteiger partial charge in [0.25, 0.3) is 5.91 Å². The highest BCUT2D eigenvalue weighted by atomic mass is 19.1. The van der Waals surface area contributed by atoms with Gasteiger partial charge in [-0.25, -0.2) is 4.39 Å². The van der Waals surface area contributed by atoms with E-state index in [4.69, 9.17) is 0 Å². The number of rotatable bonds is 5. The summed E-state index contributed by atoms with van der Waals surface area (Å²) >= 11 is 0. The Balaban J connectivity index is 2.28. The molecule has 0 aliphatic heterocycles. The van der Waals surface area contributed by atoms with Crippen molar-refractivity contribution in [3.8, 4) is 0 Å². The molecule has 6 heteroatoms. The molecule has 1 atom stereocenters.